The van der Waals surface area contributed by atoms with Crippen LogP contribution in [-0.4, -0.2) is 23.5 Å². The lowest BCUT2D eigenvalue weighted by Crippen LogP contribution is -2.43. The molecule has 4 nitrogen and oxygen atoms in total. The largest absolute Gasteiger partial charge is 0.347 e. The maximum atomic E-state index is 12.3. The van der Waals surface area contributed by atoms with E-state index in [4.69, 9.17) is 0 Å². The van der Waals surface area contributed by atoms with Crippen molar-refractivity contribution in [3.8, 4) is 0 Å². The third-order valence-corrected chi connectivity index (χ3v) is 4.73. The van der Waals surface area contributed by atoms with Gasteiger partial charge in [-0.1, -0.05) is 6.92 Å². The number of aryl methyl sites for hydroxylation is 1. The van der Waals surface area contributed by atoms with Crippen molar-refractivity contribution in [1.29, 1.82) is 0 Å². The maximum absolute atomic E-state index is 12.3. The molecular formula is C14H23N3OS. The van der Waals surface area contributed by atoms with E-state index in [1.54, 1.807) is 11.3 Å². The molecule has 1 aliphatic rings. The first-order chi connectivity index (χ1) is 9.10. The molecule has 0 bridgehead atoms. The number of piperidine rings is 1. The van der Waals surface area contributed by atoms with Gasteiger partial charge in [-0.05, 0) is 39.7 Å². The third kappa shape index (κ3) is 3.76. The summed E-state index contributed by atoms with van der Waals surface area (Å²) in [6.07, 6.45) is 2.75. The second kappa shape index (κ2) is 6.48. The van der Waals surface area contributed by atoms with Crippen LogP contribution in [0.1, 0.15) is 49.9 Å². The molecule has 0 saturated carbocycles. The van der Waals surface area contributed by atoms with Crippen molar-refractivity contribution in [2.24, 2.45) is 5.92 Å². The monoisotopic (exact) mass is 281 g/mol. The van der Waals surface area contributed by atoms with Gasteiger partial charge in [0.15, 0.2) is 0 Å². The summed E-state index contributed by atoms with van der Waals surface area (Å²) in [6, 6.07) is 0.503. The standard InChI is InChI=1S/C14H23N3OS/c1-4-12(14-16-10(3)8-19-14)17-13(18)11-5-6-15-9(2)7-11/h8-9,11-12,15H,4-7H2,1-3H3,(H,17,18)/t9-,11-,12?/m0/s1. The molecule has 0 aromatic carbocycles. The highest BCUT2D eigenvalue weighted by Gasteiger charge is 2.26. The first-order valence-electron chi connectivity index (χ1n) is 7.06. The molecule has 2 rings (SSSR count). The van der Waals surface area contributed by atoms with Crippen LogP contribution in [0.5, 0.6) is 0 Å². The van der Waals surface area contributed by atoms with Gasteiger partial charge in [0.2, 0.25) is 5.91 Å². The molecule has 2 N–H and O–H groups in total. The van der Waals surface area contributed by atoms with Crippen LogP contribution in [-0.2, 0) is 4.79 Å². The number of rotatable bonds is 4. The van der Waals surface area contributed by atoms with Crippen molar-refractivity contribution in [2.75, 3.05) is 6.54 Å². The summed E-state index contributed by atoms with van der Waals surface area (Å²) < 4.78 is 0. The van der Waals surface area contributed by atoms with E-state index in [2.05, 4.69) is 29.5 Å². The molecule has 1 aliphatic heterocycles. The SMILES string of the molecule is CCC(NC(=O)[C@H]1CCN[C@@H](C)C1)c1nc(C)cs1. The lowest BCUT2D eigenvalue weighted by Gasteiger charge is -2.28. The number of thiazole rings is 1. The Balaban J connectivity index is 1.96. The van der Waals surface area contributed by atoms with E-state index < -0.39 is 0 Å². The molecule has 1 fully saturated rings. The highest BCUT2D eigenvalue weighted by Crippen LogP contribution is 2.23. The Labute approximate surface area is 119 Å². The molecule has 1 saturated heterocycles. The Hall–Kier alpha value is -0.940. The van der Waals surface area contributed by atoms with Gasteiger partial charge in [-0.15, -0.1) is 11.3 Å². The summed E-state index contributed by atoms with van der Waals surface area (Å²) in [5, 5.41) is 9.61. The van der Waals surface area contributed by atoms with Crippen LogP contribution in [0.4, 0.5) is 0 Å². The summed E-state index contributed by atoms with van der Waals surface area (Å²) in [7, 11) is 0. The Kier molecular flexibility index (Phi) is 4.93. The molecule has 2 heterocycles. The van der Waals surface area contributed by atoms with Crippen molar-refractivity contribution in [3.05, 3.63) is 16.1 Å². The van der Waals surface area contributed by atoms with Gasteiger partial charge in [0.1, 0.15) is 5.01 Å². The second-order valence-electron chi connectivity index (χ2n) is 5.37. The van der Waals surface area contributed by atoms with E-state index in [1.807, 2.05) is 12.3 Å². The van der Waals surface area contributed by atoms with Crippen molar-refractivity contribution >= 4 is 17.2 Å². The number of hydrogen-bond acceptors (Lipinski definition) is 4. The van der Waals surface area contributed by atoms with Gasteiger partial charge >= 0.3 is 0 Å². The number of amides is 1. The summed E-state index contributed by atoms with van der Waals surface area (Å²) in [4.78, 5) is 16.8. The fourth-order valence-corrected chi connectivity index (χ4v) is 3.46. The van der Waals surface area contributed by atoms with Crippen LogP contribution in [0.25, 0.3) is 0 Å². The van der Waals surface area contributed by atoms with Crippen LogP contribution in [0.2, 0.25) is 0 Å². The molecule has 0 spiro atoms. The van der Waals surface area contributed by atoms with Crippen molar-refractivity contribution in [3.63, 3.8) is 0 Å². The molecule has 19 heavy (non-hydrogen) atoms. The Morgan fingerprint density at radius 1 is 1.68 bits per heavy atom. The minimum absolute atomic E-state index is 0.0661. The van der Waals surface area contributed by atoms with Crippen LogP contribution < -0.4 is 10.6 Å². The van der Waals surface area contributed by atoms with Gasteiger partial charge in [-0.25, -0.2) is 4.98 Å². The summed E-state index contributed by atoms with van der Waals surface area (Å²) in [6.45, 7) is 7.16. The van der Waals surface area contributed by atoms with E-state index in [-0.39, 0.29) is 17.9 Å². The number of carbonyl (C=O) groups is 1. The fourth-order valence-electron chi connectivity index (χ4n) is 2.53. The zero-order valence-electron chi connectivity index (χ0n) is 11.9. The fraction of sp³-hybridized carbons (Fsp3) is 0.714. The lowest BCUT2D eigenvalue weighted by atomic mass is 9.92. The van der Waals surface area contributed by atoms with E-state index in [0.717, 1.165) is 36.5 Å². The molecule has 106 valence electrons. The molecular weight excluding hydrogens is 258 g/mol. The number of nitrogens with one attached hydrogen (secondary N) is 2. The average molecular weight is 281 g/mol. The van der Waals surface area contributed by atoms with Gasteiger partial charge in [0.25, 0.3) is 0 Å². The highest BCUT2D eigenvalue weighted by atomic mass is 32.1. The van der Waals surface area contributed by atoms with Crippen molar-refractivity contribution < 1.29 is 4.79 Å². The van der Waals surface area contributed by atoms with Gasteiger partial charge < -0.3 is 10.6 Å². The second-order valence-corrected chi connectivity index (χ2v) is 6.26. The van der Waals surface area contributed by atoms with Crippen molar-refractivity contribution in [2.45, 2.75) is 52.1 Å². The molecule has 1 unspecified atom stereocenters. The first kappa shape index (κ1) is 14.5. The van der Waals surface area contributed by atoms with E-state index in [0.29, 0.717) is 6.04 Å². The van der Waals surface area contributed by atoms with E-state index in [1.165, 1.54) is 0 Å². The summed E-state index contributed by atoms with van der Waals surface area (Å²) in [5.41, 5.74) is 1.03. The minimum atomic E-state index is 0.0661. The number of aromatic nitrogens is 1. The molecule has 0 aliphatic carbocycles. The number of nitrogens with zero attached hydrogens (tertiary/aromatic N) is 1. The minimum Gasteiger partial charge on any atom is -0.347 e. The predicted octanol–water partition coefficient (Wildman–Crippen LogP) is 2.41. The zero-order valence-corrected chi connectivity index (χ0v) is 12.7. The molecule has 1 amide bonds. The van der Waals surface area contributed by atoms with E-state index in [9.17, 15) is 4.79 Å². The van der Waals surface area contributed by atoms with Gasteiger partial charge in [0.05, 0.1) is 6.04 Å². The number of hydrogen-bond donors (Lipinski definition) is 2. The van der Waals surface area contributed by atoms with Crippen LogP contribution >= 0.6 is 11.3 Å². The molecule has 0 radical (unpaired) electrons. The Bertz CT molecular complexity index is 432. The summed E-state index contributed by atoms with van der Waals surface area (Å²) >= 11 is 1.63. The van der Waals surface area contributed by atoms with Gasteiger partial charge in [-0.2, -0.15) is 0 Å². The van der Waals surface area contributed by atoms with E-state index >= 15 is 0 Å². The Morgan fingerprint density at radius 3 is 3.05 bits per heavy atom. The lowest BCUT2D eigenvalue weighted by molar-refractivity contribution is -0.126. The van der Waals surface area contributed by atoms with Crippen LogP contribution in [0.3, 0.4) is 0 Å². The van der Waals surface area contributed by atoms with Crippen LogP contribution in [0, 0.1) is 12.8 Å². The molecule has 1 aromatic heterocycles. The van der Waals surface area contributed by atoms with Crippen LogP contribution in [0.15, 0.2) is 5.38 Å². The smallest absolute Gasteiger partial charge is 0.223 e. The predicted molar refractivity (Wildman–Crippen MR) is 78.2 cm³/mol. The average Bonchev–Trinajstić information content (AvgIpc) is 2.82. The van der Waals surface area contributed by atoms with Crippen molar-refractivity contribution in [1.82, 2.24) is 15.6 Å². The molecule has 5 heteroatoms. The van der Waals surface area contributed by atoms with Gasteiger partial charge in [-0.3, -0.25) is 4.79 Å². The highest BCUT2D eigenvalue weighted by molar-refractivity contribution is 7.09. The third-order valence-electron chi connectivity index (χ3n) is 3.65. The topological polar surface area (TPSA) is 54.0 Å². The Morgan fingerprint density at radius 2 is 2.47 bits per heavy atom. The quantitative estimate of drug-likeness (QED) is 0.891. The molecule has 3 atom stereocenters. The maximum Gasteiger partial charge on any atom is 0.223 e. The summed E-state index contributed by atoms with van der Waals surface area (Å²) in [5.74, 6) is 0.333. The molecule has 1 aromatic rings. The van der Waals surface area contributed by atoms with Gasteiger partial charge in [0, 0.05) is 23.0 Å². The first-order valence-corrected chi connectivity index (χ1v) is 7.94. The number of carbonyl (C=O) groups excluding carboxylic acids is 1. The normalized spacial score (nSPS) is 25.0. The zero-order chi connectivity index (χ0) is 13.8.